The zero-order chi connectivity index (χ0) is 18.4. The minimum Gasteiger partial charge on any atom is -0.300 e. The Morgan fingerprint density at radius 3 is 2.92 bits per heavy atom. The SMILES string of the molecule is CCCSc1nnc(NC(=O)CSc2nnnn2-c2ccccc2F)s1. The monoisotopic (exact) mass is 411 g/mol. The first-order valence-corrected chi connectivity index (χ1v) is 10.4. The van der Waals surface area contributed by atoms with E-state index in [1.54, 1.807) is 30.0 Å². The lowest BCUT2D eigenvalue weighted by Crippen LogP contribution is -2.14. The Bertz CT molecular complexity index is 885. The van der Waals surface area contributed by atoms with Crippen molar-refractivity contribution in [3.8, 4) is 5.69 Å². The highest BCUT2D eigenvalue weighted by atomic mass is 32.2. The highest BCUT2D eigenvalue weighted by molar-refractivity contribution is 8.01. The van der Waals surface area contributed by atoms with E-state index in [1.165, 1.54) is 22.1 Å². The van der Waals surface area contributed by atoms with E-state index in [0.29, 0.717) is 10.3 Å². The molecule has 0 radical (unpaired) electrons. The predicted molar refractivity (Wildman–Crippen MR) is 99.4 cm³/mol. The summed E-state index contributed by atoms with van der Waals surface area (Å²) >= 11 is 4.04. The van der Waals surface area contributed by atoms with Crippen LogP contribution in [0.3, 0.4) is 0 Å². The van der Waals surface area contributed by atoms with Crippen LogP contribution in [0.1, 0.15) is 13.3 Å². The molecule has 136 valence electrons. The number of para-hydroxylation sites is 1. The number of aromatic nitrogens is 6. The zero-order valence-corrected chi connectivity index (χ0v) is 16.1. The third-order valence-corrected chi connectivity index (χ3v) is 6.03. The van der Waals surface area contributed by atoms with Gasteiger partial charge < -0.3 is 0 Å². The minimum absolute atomic E-state index is 0.0614. The largest absolute Gasteiger partial charge is 0.300 e. The van der Waals surface area contributed by atoms with Crippen molar-refractivity contribution in [2.24, 2.45) is 0 Å². The smallest absolute Gasteiger partial charge is 0.236 e. The molecule has 12 heteroatoms. The number of anilines is 1. The summed E-state index contributed by atoms with van der Waals surface area (Å²) in [5.74, 6) is 0.307. The van der Waals surface area contributed by atoms with Gasteiger partial charge in [-0.25, -0.2) is 4.39 Å². The number of nitrogens with one attached hydrogen (secondary N) is 1. The molecule has 0 unspecified atom stereocenters. The Morgan fingerprint density at radius 1 is 1.27 bits per heavy atom. The highest BCUT2D eigenvalue weighted by Crippen LogP contribution is 2.26. The number of rotatable bonds is 8. The maximum atomic E-state index is 13.9. The second-order valence-corrected chi connectivity index (χ2v) is 8.15. The van der Waals surface area contributed by atoms with Gasteiger partial charge in [-0.05, 0) is 29.0 Å². The van der Waals surface area contributed by atoms with Crippen LogP contribution in [-0.4, -0.2) is 47.8 Å². The number of nitrogens with zero attached hydrogens (tertiary/aromatic N) is 6. The van der Waals surface area contributed by atoms with Gasteiger partial charge in [0.05, 0.1) is 5.75 Å². The Balaban J connectivity index is 1.58. The molecule has 3 aromatic rings. The van der Waals surface area contributed by atoms with E-state index in [0.717, 1.165) is 28.3 Å². The second-order valence-electron chi connectivity index (χ2n) is 4.88. The molecule has 0 aliphatic rings. The Labute approximate surface area is 161 Å². The van der Waals surface area contributed by atoms with Crippen LogP contribution >= 0.6 is 34.9 Å². The molecule has 8 nitrogen and oxygen atoms in total. The minimum atomic E-state index is -0.447. The molecule has 0 aliphatic carbocycles. The molecule has 26 heavy (non-hydrogen) atoms. The lowest BCUT2D eigenvalue weighted by atomic mass is 10.3. The topological polar surface area (TPSA) is 98.5 Å². The molecule has 0 fully saturated rings. The van der Waals surface area contributed by atoms with Crippen LogP contribution in [0, 0.1) is 5.82 Å². The van der Waals surface area contributed by atoms with Crippen molar-refractivity contribution < 1.29 is 9.18 Å². The lowest BCUT2D eigenvalue weighted by molar-refractivity contribution is -0.113. The molecule has 1 N–H and O–H groups in total. The molecule has 0 spiro atoms. The van der Waals surface area contributed by atoms with Gasteiger partial charge in [0, 0.05) is 5.75 Å². The van der Waals surface area contributed by atoms with Gasteiger partial charge in [0.2, 0.25) is 16.2 Å². The van der Waals surface area contributed by atoms with Crippen molar-refractivity contribution in [1.29, 1.82) is 0 Å². The van der Waals surface area contributed by atoms with E-state index in [9.17, 15) is 9.18 Å². The fourth-order valence-electron chi connectivity index (χ4n) is 1.84. The Hall–Kier alpha value is -2.05. The fraction of sp³-hybridized carbons (Fsp3) is 0.286. The Kier molecular flexibility index (Phi) is 6.52. The highest BCUT2D eigenvalue weighted by Gasteiger charge is 2.15. The fourth-order valence-corrected chi connectivity index (χ4v) is 4.21. The summed E-state index contributed by atoms with van der Waals surface area (Å²) in [7, 11) is 0. The predicted octanol–water partition coefficient (Wildman–Crippen LogP) is 2.89. The number of carbonyl (C=O) groups excluding carboxylic acids is 1. The normalized spacial score (nSPS) is 10.8. The summed E-state index contributed by atoms with van der Waals surface area (Å²) < 4.78 is 16.0. The summed E-state index contributed by atoms with van der Waals surface area (Å²) in [6.07, 6.45) is 1.04. The number of tetrazole rings is 1. The maximum absolute atomic E-state index is 13.9. The number of carbonyl (C=O) groups is 1. The molecule has 3 rings (SSSR count). The van der Waals surface area contributed by atoms with E-state index < -0.39 is 5.82 Å². The van der Waals surface area contributed by atoms with Gasteiger partial charge in [-0.3, -0.25) is 10.1 Å². The summed E-state index contributed by atoms with van der Waals surface area (Å²) in [6.45, 7) is 2.09. The molecule has 0 atom stereocenters. The van der Waals surface area contributed by atoms with Gasteiger partial charge in [0.25, 0.3) is 0 Å². The van der Waals surface area contributed by atoms with E-state index in [4.69, 9.17) is 0 Å². The van der Waals surface area contributed by atoms with Crippen molar-refractivity contribution in [3.05, 3.63) is 30.1 Å². The summed E-state index contributed by atoms with van der Waals surface area (Å²) in [5, 5.41) is 22.6. The second kappa shape index (κ2) is 9.05. The zero-order valence-electron chi connectivity index (χ0n) is 13.6. The van der Waals surface area contributed by atoms with Crippen LogP contribution < -0.4 is 5.32 Å². The molecular formula is C14H14FN7OS3. The van der Waals surface area contributed by atoms with Crippen LogP contribution in [0.2, 0.25) is 0 Å². The van der Waals surface area contributed by atoms with E-state index in [-0.39, 0.29) is 17.3 Å². The maximum Gasteiger partial charge on any atom is 0.236 e. The van der Waals surface area contributed by atoms with Crippen LogP contribution in [-0.2, 0) is 4.79 Å². The third-order valence-electron chi connectivity index (χ3n) is 2.94. The van der Waals surface area contributed by atoms with E-state index >= 15 is 0 Å². The van der Waals surface area contributed by atoms with Crippen LogP contribution in [0.4, 0.5) is 9.52 Å². The van der Waals surface area contributed by atoms with Crippen molar-refractivity contribution >= 4 is 45.9 Å². The number of halogens is 1. The molecule has 1 amide bonds. The molecule has 1 aromatic carbocycles. The van der Waals surface area contributed by atoms with E-state index in [2.05, 4.69) is 38.0 Å². The first kappa shape index (κ1) is 18.7. The van der Waals surface area contributed by atoms with Crippen molar-refractivity contribution in [2.75, 3.05) is 16.8 Å². The third kappa shape index (κ3) is 4.77. The number of thioether (sulfide) groups is 2. The average Bonchev–Trinajstić information content (AvgIpc) is 3.28. The number of amides is 1. The summed E-state index contributed by atoms with van der Waals surface area (Å²) in [5.41, 5.74) is 0.224. The van der Waals surface area contributed by atoms with Crippen molar-refractivity contribution in [1.82, 2.24) is 30.4 Å². The van der Waals surface area contributed by atoms with Crippen LogP contribution in [0.5, 0.6) is 0 Å². The number of benzene rings is 1. The Morgan fingerprint density at radius 2 is 2.12 bits per heavy atom. The summed E-state index contributed by atoms with van der Waals surface area (Å²) in [4.78, 5) is 12.1. The number of hydrogen-bond donors (Lipinski definition) is 1. The van der Waals surface area contributed by atoms with Crippen LogP contribution in [0.15, 0.2) is 33.8 Å². The molecule has 0 saturated heterocycles. The number of hydrogen-bond acceptors (Lipinski definition) is 9. The van der Waals surface area contributed by atoms with Gasteiger partial charge in [-0.2, -0.15) is 4.68 Å². The van der Waals surface area contributed by atoms with Crippen LogP contribution in [0.25, 0.3) is 5.69 Å². The standard InChI is InChI=1S/C14H14FN7OS3/c1-2-7-24-14-19-17-12(26-14)16-11(23)8-25-13-18-20-21-22(13)10-6-4-3-5-9(10)15/h3-6H,2,7-8H2,1H3,(H,16,17,23). The molecule has 2 heterocycles. The van der Waals surface area contributed by atoms with E-state index in [1.807, 2.05) is 0 Å². The van der Waals surface area contributed by atoms with Gasteiger partial charge in [0.15, 0.2) is 4.34 Å². The van der Waals surface area contributed by atoms with Gasteiger partial charge in [-0.15, -0.1) is 15.3 Å². The van der Waals surface area contributed by atoms with Gasteiger partial charge in [-0.1, -0.05) is 53.9 Å². The molecule has 0 bridgehead atoms. The average molecular weight is 412 g/mol. The van der Waals surface area contributed by atoms with Gasteiger partial charge in [0.1, 0.15) is 11.5 Å². The molecule has 2 aromatic heterocycles. The lowest BCUT2D eigenvalue weighted by Gasteiger charge is -2.05. The first-order valence-electron chi connectivity index (χ1n) is 7.59. The van der Waals surface area contributed by atoms with Crippen molar-refractivity contribution in [3.63, 3.8) is 0 Å². The van der Waals surface area contributed by atoms with Crippen molar-refractivity contribution in [2.45, 2.75) is 22.8 Å². The summed E-state index contributed by atoms with van der Waals surface area (Å²) in [6, 6.07) is 6.15. The molecule has 0 saturated carbocycles. The molecular weight excluding hydrogens is 397 g/mol. The molecule has 0 aliphatic heterocycles. The first-order chi connectivity index (χ1) is 12.7. The van der Waals surface area contributed by atoms with Gasteiger partial charge >= 0.3 is 0 Å². The quantitative estimate of drug-likeness (QED) is 0.446.